The van der Waals surface area contributed by atoms with Gasteiger partial charge in [0.2, 0.25) is 0 Å². The second-order valence-corrected chi connectivity index (χ2v) is 4.23. The van der Waals surface area contributed by atoms with E-state index in [0.717, 1.165) is 26.2 Å². The zero-order chi connectivity index (χ0) is 9.84. The van der Waals surface area contributed by atoms with Gasteiger partial charge in [0.25, 0.3) is 0 Å². The molecule has 0 saturated carbocycles. The summed E-state index contributed by atoms with van der Waals surface area (Å²) in [4.78, 5) is 4.70. The largest absolute Gasteiger partial charge is 0.395 e. The SMILES string of the molecule is CCN1CC(C)CN(C)C(CO)C1. The van der Waals surface area contributed by atoms with Crippen molar-refractivity contribution in [3.8, 4) is 0 Å². The quantitative estimate of drug-likeness (QED) is 0.670. The Kier molecular flexibility index (Phi) is 4.16. The van der Waals surface area contributed by atoms with Gasteiger partial charge in [0.15, 0.2) is 0 Å². The maximum absolute atomic E-state index is 9.22. The molecule has 0 radical (unpaired) electrons. The average Bonchev–Trinajstić information content (AvgIpc) is 2.23. The van der Waals surface area contributed by atoms with Crippen LogP contribution >= 0.6 is 0 Å². The van der Waals surface area contributed by atoms with E-state index in [-0.39, 0.29) is 6.61 Å². The second kappa shape index (κ2) is 4.94. The standard InChI is InChI=1S/C10H22N2O/c1-4-12-6-9(2)5-11(3)10(7-12)8-13/h9-10,13H,4-8H2,1-3H3. The highest BCUT2D eigenvalue weighted by Gasteiger charge is 2.23. The van der Waals surface area contributed by atoms with E-state index in [2.05, 4.69) is 30.7 Å². The fourth-order valence-corrected chi connectivity index (χ4v) is 2.11. The van der Waals surface area contributed by atoms with Crippen LogP contribution < -0.4 is 0 Å². The number of nitrogens with zero attached hydrogens (tertiary/aromatic N) is 2. The summed E-state index contributed by atoms with van der Waals surface area (Å²) in [5, 5.41) is 9.22. The highest BCUT2D eigenvalue weighted by Crippen LogP contribution is 2.11. The van der Waals surface area contributed by atoms with E-state index >= 15 is 0 Å². The summed E-state index contributed by atoms with van der Waals surface area (Å²) in [6, 6.07) is 0.324. The summed E-state index contributed by atoms with van der Waals surface area (Å²) >= 11 is 0. The number of hydrogen-bond acceptors (Lipinski definition) is 3. The van der Waals surface area contributed by atoms with Gasteiger partial charge in [0, 0.05) is 25.7 Å². The number of rotatable bonds is 2. The smallest absolute Gasteiger partial charge is 0.0599 e. The zero-order valence-electron chi connectivity index (χ0n) is 9.03. The molecule has 78 valence electrons. The predicted octanol–water partition coefficient (Wildman–Crippen LogP) is 0.251. The molecular formula is C10H22N2O. The molecular weight excluding hydrogens is 164 g/mol. The Labute approximate surface area is 81.3 Å². The third-order valence-corrected chi connectivity index (χ3v) is 2.92. The van der Waals surface area contributed by atoms with Gasteiger partial charge in [-0.3, -0.25) is 4.90 Å². The monoisotopic (exact) mass is 186 g/mol. The first kappa shape index (κ1) is 11.0. The van der Waals surface area contributed by atoms with Crippen molar-refractivity contribution in [2.24, 2.45) is 5.92 Å². The van der Waals surface area contributed by atoms with Crippen LogP contribution in [0.4, 0.5) is 0 Å². The van der Waals surface area contributed by atoms with Crippen LogP contribution in [0, 0.1) is 5.92 Å². The van der Waals surface area contributed by atoms with Crippen LogP contribution in [0.25, 0.3) is 0 Å². The van der Waals surface area contributed by atoms with Gasteiger partial charge in [-0.1, -0.05) is 13.8 Å². The summed E-state index contributed by atoms with van der Waals surface area (Å²) in [7, 11) is 2.11. The summed E-state index contributed by atoms with van der Waals surface area (Å²) in [6.45, 7) is 9.10. The fourth-order valence-electron chi connectivity index (χ4n) is 2.11. The molecule has 0 amide bonds. The van der Waals surface area contributed by atoms with Crippen LogP contribution in [0.3, 0.4) is 0 Å². The van der Waals surface area contributed by atoms with Gasteiger partial charge >= 0.3 is 0 Å². The summed E-state index contributed by atoms with van der Waals surface area (Å²) in [5.74, 6) is 0.710. The summed E-state index contributed by atoms with van der Waals surface area (Å²) < 4.78 is 0. The Bertz CT molecular complexity index is 150. The van der Waals surface area contributed by atoms with E-state index in [1.54, 1.807) is 0 Å². The van der Waals surface area contributed by atoms with Crippen molar-refractivity contribution in [2.45, 2.75) is 19.9 Å². The number of likely N-dealkylation sites (N-methyl/N-ethyl adjacent to an activating group) is 2. The van der Waals surface area contributed by atoms with Gasteiger partial charge in [0.1, 0.15) is 0 Å². The number of aliphatic hydroxyl groups excluding tert-OH is 1. The van der Waals surface area contributed by atoms with Crippen LogP contribution in [0.5, 0.6) is 0 Å². The Morgan fingerprint density at radius 1 is 1.31 bits per heavy atom. The minimum Gasteiger partial charge on any atom is -0.395 e. The third-order valence-electron chi connectivity index (χ3n) is 2.92. The molecule has 13 heavy (non-hydrogen) atoms. The molecule has 1 aliphatic heterocycles. The van der Waals surface area contributed by atoms with Gasteiger partial charge in [0.05, 0.1) is 6.61 Å². The Balaban J connectivity index is 2.57. The van der Waals surface area contributed by atoms with Crippen molar-refractivity contribution < 1.29 is 5.11 Å². The number of hydrogen-bond donors (Lipinski definition) is 1. The maximum atomic E-state index is 9.22. The van der Waals surface area contributed by atoms with Crippen LogP contribution in [0.2, 0.25) is 0 Å². The first-order chi connectivity index (χ1) is 6.17. The van der Waals surface area contributed by atoms with Crippen molar-refractivity contribution >= 4 is 0 Å². The van der Waals surface area contributed by atoms with E-state index in [9.17, 15) is 5.11 Å². The lowest BCUT2D eigenvalue weighted by atomic mass is 10.1. The molecule has 2 atom stereocenters. The van der Waals surface area contributed by atoms with Crippen LogP contribution in [-0.2, 0) is 0 Å². The summed E-state index contributed by atoms with van der Waals surface area (Å²) in [5.41, 5.74) is 0. The van der Waals surface area contributed by atoms with Crippen molar-refractivity contribution in [3.05, 3.63) is 0 Å². The molecule has 2 unspecified atom stereocenters. The maximum Gasteiger partial charge on any atom is 0.0599 e. The van der Waals surface area contributed by atoms with E-state index in [1.807, 2.05) is 0 Å². The molecule has 1 N–H and O–H groups in total. The van der Waals surface area contributed by atoms with Crippen molar-refractivity contribution in [3.63, 3.8) is 0 Å². The summed E-state index contributed by atoms with van der Waals surface area (Å²) in [6.07, 6.45) is 0. The Hall–Kier alpha value is -0.120. The molecule has 0 aromatic rings. The first-order valence-corrected chi connectivity index (χ1v) is 5.20. The van der Waals surface area contributed by atoms with Gasteiger partial charge in [-0.25, -0.2) is 0 Å². The molecule has 3 nitrogen and oxygen atoms in total. The van der Waals surface area contributed by atoms with Gasteiger partial charge in [-0.15, -0.1) is 0 Å². The van der Waals surface area contributed by atoms with E-state index < -0.39 is 0 Å². The molecule has 1 saturated heterocycles. The normalized spacial score (nSPS) is 33.2. The molecule has 3 heteroatoms. The lowest BCUT2D eigenvalue weighted by Gasteiger charge is -2.26. The Morgan fingerprint density at radius 3 is 2.54 bits per heavy atom. The minimum absolute atomic E-state index is 0.278. The lowest BCUT2D eigenvalue weighted by molar-refractivity contribution is 0.132. The van der Waals surface area contributed by atoms with Crippen molar-refractivity contribution in [1.29, 1.82) is 0 Å². The molecule has 0 aliphatic carbocycles. The van der Waals surface area contributed by atoms with E-state index in [4.69, 9.17) is 0 Å². The lowest BCUT2D eigenvalue weighted by Crippen LogP contribution is -2.41. The van der Waals surface area contributed by atoms with Crippen LogP contribution in [0.1, 0.15) is 13.8 Å². The second-order valence-electron chi connectivity index (χ2n) is 4.23. The van der Waals surface area contributed by atoms with Crippen LogP contribution in [-0.4, -0.2) is 60.8 Å². The molecule has 0 spiro atoms. The average molecular weight is 186 g/mol. The molecule has 0 aromatic heterocycles. The molecule has 1 rings (SSSR count). The van der Waals surface area contributed by atoms with E-state index in [1.165, 1.54) is 0 Å². The molecule has 0 aromatic carbocycles. The molecule has 1 heterocycles. The number of aliphatic hydroxyl groups is 1. The molecule has 1 aliphatic rings. The zero-order valence-corrected chi connectivity index (χ0v) is 9.03. The minimum atomic E-state index is 0.278. The topological polar surface area (TPSA) is 26.7 Å². The van der Waals surface area contributed by atoms with Gasteiger partial charge in [-0.2, -0.15) is 0 Å². The third kappa shape index (κ3) is 2.93. The molecule has 1 fully saturated rings. The van der Waals surface area contributed by atoms with Crippen molar-refractivity contribution in [2.75, 3.05) is 39.8 Å². The fraction of sp³-hybridized carbons (Fsp3) is 1.00. The first-order valence-electron chi connectivity index (χ1n) is 5.20. The van der Waals surface area contributed by atoms with Crippen molar-refractivity contribution in [1.82, 2.24) is 9.80 Å². The highest BCUT2D eigenvalue weighted by molar-refractivity contribution is 4.79. The van der Waals surface area contributed by atoms with Gasteiger partial charge in [-0.05, 0) is 19.5 Å². The predicted molar refractivity (Wildman–Crippen MR) is 54.8 cm³/mol. The highest BCUT2D eigenvalue weighted by atomic mass is 16.3. The van der Waals surface area contributed by atoms with E-state index in [0.29, 0.717) is 12.0 Å². The van der Waals surface area contributed by atoms with Gasteiger partial charge < -0.3 is 10.0 Å². The van der Waals surface area contributed by atoms with Crippen LogP contribution in [0.15, 0.2) is 0 Å². The molecule has 0 bridgehead atoms. The Morgan fingerprint density at radius 2 is 2.00 bits per heavy atom.